The molecule has 2 heterocycles. The van der Waals surface area contributed by atoms with E-state index in [1.165, 1.54) is 4.90 Å². The van der Waals surface area contributed by atoms with Gasteiger partial charge in [0.25, 0.3) is 5.91 Å². The fourth-order valence-electron chi connectivity index (χ4n) is 4.41. The van der Waals surface area contributed by atoms with Gasteiger partial charge in [-0.3, -0.25) is 19.3 Å². The molecule has 9 heteroatoms. The molecule has 2 aromatic carbocycles. The molecule has 172 valence electrons. The van der Waals surface area contributed by atoms with Crippen LogP contribution in [0.1, 0.15) is 35.6 Å². The molecular weight excluding hydrogens is 426 g/mol. The first kappa shape index (κ1) is 22.5. The Morgan fingerprint density at radius 3 is 2.52 bits per heavy atom. The number of anilines is 1. The summed E-state index contributed by atoms with van der Waals surface area (Å²) in [6, 6.07) is 12.1. The predicted octanol–water partition coefficient (Wildman–Crippen LogP) is 0.700. The predicted molar refractivity (Wildman–Crippen MR) is 118 cm³/mol. The van der Waals surface area contributed by atoms with Crippen LogP contribution in [0.3, 0.4) is 0 Å². The number of carbonyl (C=O) groups excluding carboxylic acids is 3. The van der Waals surface area contributed by atoms with E-state index in [1.54, 1.807) is 30.3 Å². The highest BCUT2D eigenvalue weighted by molar-refractivity contribution is 6.06. The maximum atomic E-state index is 13.2. The number of aliphatic carboxylic acids is 1. The molecule has 0 spiro atoms. The standard InChI is InChI=1S/C24H25N3O6/c28-19(11-12-25-22(30)21(29)15-5-2-1-3-6-15)26-17-10-9-14-7-4-8-16-13-18(24(32)33)27(20(14)16)23(17)31/h1-8,17-18,21,29H,9-13H2,(H,25,30)(H,26,28)(H,32,33)/t17-,18-,21-/m0/s1. The molecule has 0 unspecified atom stereocenters. The van der Waals surface area contributed by atoms with Gasteiger partial charge >= 0.3 is 5.97 Å². The molecule has 2 aromatic rings. The molecule has 9 nitrogen and oxygen atoms in total. The lowest BCUT2D eigenvalue weighted by atomic mass is 10.0. The highest BCUT2D eigenvalue weighted by Crippen LogP contribution is 2.39. The molecule has 0 radical (unpaired) electrons. The third-order valence-corrected chi connectivity index (χ3v) is 6.04. The average Bonchev–Trinajstić information content (AvgIpc) is 3.15. The molecule has 33 heavy (non-hydrogen) atoms. The number of nitrogens with one attached hydrogen (secondary N) is 2. The monoisotopic (exact) mass is 451 g/mol. The average molecular weight is 451 g/mol. The summed E-state index contributed by atoms with van der Waals surface area (Å²) in [6.45, 7) is -0.0126. The third-order valence-electron chi connectivity index (χ3n) is 6.04. The van der Waals surface area contributed by atoms with Gasteiger partial charge in [-0.05, 0) is 29.5 Å². The van der Waals surface area contributed by atoms with Crippen LogP contribution >= 0.6 is 0 Å². The van der Waals surface area contributed by atoms with Crippen LogP contribution in [-0.4, -0.2) is 52.5 Å². The summed E-state index contributed by atoms with van der Waals surface area (Å²) < 4.78 is 0. The summed E-state index contributed by atoms with van der Waals surface area (Å²) >= 11 is 0. The molecule has 3 amide bonds. The minimum Gasteiger partial charge on any atom is -0.480 e. The first-order valence-electron chi connectivity index (χ1n) is 10.8. The third kappa shape index (κ3) is 4.58. The Labute approximate surface area is 190 Å². The summed E-state index contributed by atoms with van der Waals surface area (Å²) in [6.07, 6.45) is -0.308. The summed E-state index contributed by atoms with van der Waals surface area (Å²) in [4.78, 5) is 50.9. The Bertz CT molecular complexity index is 1090. The Kier molecular flexibility index (Phi) is 6.41. The minimum absolute atomic E-state index is 0.0126. The fourth-order valence-corrected chi connectivity index (χ4v) is 4.41. The molecule has 4 rings (SSSR count). The lowest BCUT2D eigenvalue weighted by molar-refractivity contribution is -0.140. The van der Waals surface area contributed by atoms with E-state index < -0.39 is 41.9 Å². The maximum Gasteiger partial charge on any atom is 0.327 e. The highest BCUT2D eigenvalue weighted by atomic mass is 16.4. The molecule has 0 saturated carbocycles. The van der Waals surface area contributed by atoms with E-state index >= 15 is 0 Å². The van der Waals surface area contributed by atoms with Crippen molar-refractivity contribution in [3.8, 4) is 0 Å². The molecule has 0 fully saturated rings. The lowest BCUT2D eigenvalue weighted by Crippen LogP contribution is -2.52. The van der Waals surface area contributed by atoms with Gasteiger partial charge in [0.05, 0.1) is 5.69 Å². The quantitative estimate of drug-likeness (QED) is 0.489. The number of para-hydroxylation sites is 1. The number of nitrogens with zero attached hydrogens (tertiary/aromatic N) is 1. The van der Waals surface area contributed by atoms with Crippen LogP contribution in [0.4, 0.5) is 5.69 Å². The lowest BCUT2D eigenvalue weighted by Gasteiger charge is -2.26. The summed E-state index contributed by atoms with van der Waals surface area (Å²) in [5, 5.41) is 24.9. The minimum atomic E-state index is -1.34. The summed E-state index contributed by atoms with van der Waals surface area (Å²) in [5.74, 6) is -2.59. The highest BCUT2D eigenvalue weighted by Gasteiger charge is 2.43. The Morgan fingerprint density at radius 2 is 1.79 bits per heavy atom. The molecule has 0 saturated heterocycles. The molecule has 4 N–H and O–H groups in total. The smallest absolute Gasteiger partial charge is 0.327 e. The van der Waals surface area contributed by atoms with Crippen molar-refractivity contribution in [2.45, 2.75) is 43.9 Å². The van der Waals surface area contributed by atoms with Crippen molar-refractivity contribution in [3.05, 3.63) is 65.2 Å². The van der Waals surface area contributed by atoms with Crippen LogP contribution in [0.15, 0.2) is 48.5 Å². The Hall–Kier alpha value is -3.72. The SMILES string of the molecule is O=C(CCNC(=O)[C@@H](O)c1ccccc1)N[C@H]1CCc2cccc3c2N(C1=O)[C@H](C(=O)O)C3. The number of aryl methyl sites for hydroxylation is 1. The Morgan fingerprint density at radius 1 is 1.06 bits per heavy atom. The van der Waals surface area contributed by atoms with E-state index in [0.717, 1.165) is 11.1 Å². The number of aliphatic hydroxyl groups is 1. The second kappa shape index (κ2) is 9.41. The van der Waals surface area contributed by atoms with Crippen molar-refractivity contribution in [2.75, 3.05) is 11.4 Å². The van der Waals surface area contributed by atoms with E-state index in [9.17, 15) is 29.4 Å². The van der Waals surface area contributed by atoms with Gasteiger partial charge in [0.1, 0.15) is 12.1 Å². The van der Waals surface area contributed by atoms with E-state index in [4.69, 9.17) is 0 Å². The topological polar surface area (TPSA) is 136 Å². The van der Waals surface area contributed by atoms with Gasteiger partial charge in [-0.15, -0.1) is 0 Å². The first-order valence-corrected chi connectivity index (χ1v) is 10.8. The second-order valence-corrected chi connectivity index (χ2v) is 8.20. The zero-order valence-electron chi connectivity index (χ0n) is 17.9. The van der Waals surface area contributed by atoms with Crippen molar-refractivity contribution < 1.29 is 29.4 Å². The van der Waals surface area contributed by atoms with Crippen LogP contribution in [0.2, 0.25) is 0 Å². The zero-order valence-corrected chi connectivity index (χ0v) is 17.9. The van der Waals surface area contributed by atoms with Crippen molar-refractivity contribution in [1.82, 2.24) is 10.6 Å². The van der Waals surface area contributed by atoms with Gasteiger partial charge in [-0.25, -0.2) is 4.79 Å². The molecule has 2 aliphatic rings. The van der Waals surface area contributed by atoms with Gasteiger partial charge in [0.15, 0.2) is 6.10 Å². The van der Waals surface area contributed by atoms with Crippen LogP contribution < -0.4 is 15.5 Å². The van der Waals surface area contributed by atoms with Crippen LogP contribution in [0.5, 0.6) is 0 Å². The molecule has 0 bridgehead atoms. The molecule has 3 atom stereocenters. The van der Waals surface area contributed by atoms with Crippen molar-refractivity contribution >= 4 is 29.4 Å². The zero-order chi connectivity index (χ0) is 23.5. The number of aliphatic hydroxyl groups excluding tert-OH is 1. The van der Waals surface area contributed by atoms with Gasteiger partial charge in [-0.1, -0.05) is 48.5 Å². The first-order chi connectivity index (χ1) is 15.9. The van der Waals surface area contributed by atoms with Gasteiger partial charge in [-0.2, -0.15) is 0 Å². The van der Waals surface area contributed by atoms with Crippen molar-refractivity contribution in [2.24, 2.45) is 0 Å². The number of carboxylic acid groups (broad SMARTS) is 1. The van der Waals surface area contributed by atoms with E-state index in [1.807, 2.05) is 18.2 Å². The number of hydrogen-bond acceptors (Lipinski definition) is 5. The van der Waals surface area contributed by atoms with Crippen molar-refractivity contribution in [3.63, 3.8) is 0 Å². The number of carboxylic acids is 1. The van der Waals surface area contributed by atoms with E-state index in [2.05, 4.69) is 10.6 Å². The molecule has 0 aromatic heterocycles. The van der Waals surface area contributed by atoms with E-state index in [0.29, 0.717) is 24.1 Å². The maximum absolute atomic E-state index is 13.2. The largest absolute Gasteiger partial charge is 0.480 e. The number of rotatable bonds is 7. The van der Waals surface area contributed by atoms with Crippen LogP contribution in [-0.2, 0) is 32.0 Å². The number of amides is 3. The summed E-state index contributed by atoms with van der Waals surface area (Å²) in [5.41, 5.74) is 2.80. The fraction of sp³-hybridized carbons (Fsp3) is 0.333. The van der Waals surface area contributed by atoms with E-state index in [-0.39, 0.29) is 19.4 Å². The van der Waals surface area contributed by atoms with Gasteiger partial charge in [0, 0.05) is 19.4 Å². The summed E-state index contributed by atoms with van der Waals surface area (Å²) in [7, 11) is 0. The molecule has 2 aliphatic heterocycles. The normalized spacial score (nSPS) is 19.9. The molecule has 0 aliphatic carbocycles. The van der Waals surface area contributed by atoms with Crippen molar-refractivity contribution in [1.29, 1.82) is 0 Å². The molecular formula is C24H25N3O6. The van der Waals surface area contributed by atoms with Crippen LogP contribution in [0, 0.1) is 0 Å². The second-order valence-electron chi connectivity index (χ2n) is 8.20. The van der Waals surface area contributed by atoms with Gasteiger partial charge < -0.3 is 20.8 Å². The number of benzene rings is 2. The number of carbonyl (C=O) groups is 4. The van der Waals surface area contributed by atoms with Gasteiger partial charge in [0.2, 0.25) is 11.8 Å². The Balaban J connectivity index is 1.35. The number of hydrogen-bond donors (Lipinski definition) is 4. The van der Waals surface area contributed by atoms with Crippen LogP contribution in [0.25, 0.3) is 0 Å².